The van der Waals surface area contributed by atoms with Crippen LogP contribution in [0.2, 0.25) is 5.02 Å². The van der Waals surface area contributed by atoms with Crippen LogP contribution in [0.25, 0.3) is 39.1 Å². The molecule has 6 aromatic rings. The van der Waals surface area contributed by atoms with Gasteiger partial charge < -0.3 is 14.1 Å². The molecular formula is C31H25ClN4O2. The van der Waals surface area contributed by atoms with Gasteiger partial charge in [-0.1, -0.05) is 61.0 Å². The number of benzene rings is 3. The number of pyridine rings is 1. The van der Waals surface area contributed by atoms with Crippen LogP contribution in [0.1, 0.15) is 34.2 Å². The number of aromatic nitrogens is 4. The summed E-state index contributed by atoms with van der Waals surface area (Å²) < 4.78 is 4.20. The number of aryl methyl sites for hydroxylation is 2. The van der Waals surface area contributed by atoms with Gasteiger partial charge in [0.25, 0.3) is 0 Å². The van der Waals surface area contributed by atoms with E-state index >= 15 is 0 Å². The zero-order valence-corrected chi connectivity index (χ0v) is 21.8. The van der Waals surface area contributed by atoms with E-state index in [1.54, 1.807) is 12.1 Å². The Morgan fingerprint density at radius 1 is 0.947 bits per heavy atom. The monoisotopic (exact) mass is 520 g/mol. The number of imidazole rings is 2. The summed E-state index contributed by atoms with van der Waals surface area (Å²) >= 11 is 6.17. The van der Waals surface area contributed by atoms with Crippen molar-refractivity contribution in [2.24, 2.45) is 0 Å². The summed E-state index contributed by atoms with van der Waals surface area (Å²) in [6.07, 6.45) is 4.66. The number of carbonyl (C=O) groups is 1. The largest absolute Gasteiger partial charge is 0.478 e. The molecule has 1 N–H and O–H groups in total. The van der Waals surface area contributed by atoms with Crippen molar-refractivity contribution in [3.8, 4) is 22.4 Å². The smallest absolute Gasteiger partial charge is 0.336 e. The maximum atomic E-state index is 11.7. The van der Waals surface area contributed by atoms with Crippen molar-refractivity contribution in [1.82, 2.24) is 18.9 Å². The van der Waals surface area contributed by atoms with Crippen molar-refractivity contribution < 1.29 is 9.90 Å². The number of hydrogen-bond donors (Lipinski definition) is 1. The van der Waals surface area contributed by atoms with Crippen molar-refractivity contribution in [3.05, 3.63) is 113 Å². The number of nitrogens with zero attached hydrogens (tertiary/aromatic N) is 4. The molecule has 0 amide bonds. The maximum Gasteiger partial charge on any atom is 0.336 e. The second-order valence-electron chi connectivity index (χ2n) is 9.42. The lowest BCUT2D eigenvalue weighted by Crippen LogP contribution is -2.04. The molecule has 6 rings (SSSR count). The van der Waals surface area contributed by atoms with E-state index in [1.807, 2.05) is 53.2 Å². The zero-order valence-electron chi connectivity index (χ0n) is 21.0. The minimum absolute atomic E-state index is 0.298. The summed E-state index contributed by atoms with van der Waals surface area (Å²) in [7, 11) is 0. The molecule has 0 aliphatic rings. The minimum Gasteiger partial charge on any atom is -0.478 e. The lowest BCUT2D eigenvalue weighted by atomic mass is 9.98. The molecule has 0 saturated heterocycles. The summed E-state index contributed by atoms with van der Waals surface area (Å²) in [5.41, 5.74) is 8.90. The highest BCUT2D eigenvalue weighted by Crippen LogP contribution is 2.30. The maximum absolute atomic E-state index is 11.7. The van der Waals surface area contributed by atoms with Crippen LogP contribution in [0, 0.1) is 6.92 Å². The van der Waals surface area contributed by atoms with Crippen molar-refractivity contribution in [2.45, 2.75) is 26.8 Å². The highest BCUT2D eigenvalue weighted by atomic mass is 35.5. The van der Waals surface area contributed by atoms with Gasteiger partial charge in [0.1, 0.15) is 11.5 Å². The predicted octanol–water partition coefficient (Wildman–Crippen LogP) is 7.29. The van der Waals surface area contributed by atoms with E-state index in [9.17, 15) is 9.90 Å². The number of carboxylic acids is 1. The Morgan fingerprint density at radius 3 is 2.50 bits per heavy atom. The zero-order chi connectivity index (χ0) is 26.4. The molecule has 3 heterocycles. The number of halogens is 1. The van der Waals surface area contributed by atoms with Crippen LogP contribution in [0.4, 0.5) is 0 Å². The van der Waals surface area contributed by atoms with Gasteiger partial charge in [0, 0.05) is 30.9 Å². The number of aromatic carboxylic acids is 1. The van der Waals surface area contributed by atoms with E-state index in [1.165, 1.54) is 0 Å². The van der Waals surface area contributed by atoms with Crippen LogP contribution >= 0.6 is 11.6 Å². The van der Waals surface area contributed by atoms with Crippen molar-refractivity contribution in [3.63, 3.8) is 0 Å². The van der Waals surface area contributed by atoms with Gasteiger partial charge in [0.2, 0.25) is 0 Å². The van der Waals surface area contributed by atoms with Gasteiger partial charge in [-0.05, 0) is 59.5 Å². The third-order valence-corrected chi connectivity index (χ3v) is 7.14. The fourth-order valence-electron chi connectivity index (χ4n) is 5.03. The molecule has 3 aromatic heterocycles. The second-order valence-corrected chi connectivity index (χ2v) is 9.85. The molecule has 0 aliphatic carbocycles. The summed E-state index contributed by atoms with van der Waals surface area (Å²) in [5, 5.41) is 10.2. The number of hydrogen-bond acceptors (Lipinski definition) is 3. The average molecular weight is 521 g/mol. The van der Waals surface area contributed by atoms with Gasteiger partial charge in [-0.25, -0.2) is 14.8 Å². The SMILES string of the molecule is CCc1nc2c(C)cc(-c3cn4cc(Cl)ccc4n3)cc2n1Cc1ccc(-c2ccccc2C(=O)O)cc1. The fourth-order valence-corrected chi connectivity index (χ4v) is 5.20. The molecule has 0 saturated carbocycles. The molecule has 0 fully saturated rings. The summed E-state index contributed by atoms with van der Waals surface area (Å²) in [6, 6.07) is 23.2. The predicted molar refractivity (Wildman–Crippen MR) is 151 cm³/mol. The quantitative estimate of drug-likeness (QED) is 0.250. The van der Waals surface area contributed by atoms with Gasteiger partial charge in [-0.3, -0.25) is 0 Å². The third kappa shape index (κ3) is 4.23. The Balaban J connectivity index is 1.39. The van der Waals surface area contributed by atoms with E-state index in [4.69, 9.17) is 21.6 Å². The van der Waals surface area contributed by atoms with Crippen LogP contribution in [0.15, 0.2) is 85.2 Å². The molecule has 3 aromatic carbocycles. The Hall–Kier alpha value is -4.42. The van der Waals surface area contributed by atoms with Crippen molar-refractivity contribution in [2.75, 3.05) is 0 Å². The molecular weight excluding hydrogens is 496 g/mol. The molecule has 0 unspecified atom stereocenters. The Kier molecular flexibility index (Phi) is 5.97. The molecule has 0 atom stereocenters. The van der Waals surface area contributed by atoms with Crippen LogP contribution in [-0.4, -0.2) is 30.0 Å². The van der Waals surface area contributed by atoms with Crippen LogP contribution in [0.3, 0.4) is 0 Å². The summed E-state index contributed by atoms with van der Waals surface area (Å²) in [4.78, 5) is 21.4. The first-order valence-electron chi connectivity index (χ1n) is 12.5. The molecule has 6 nitrogen and oxygen atoms in total. The molecule has 0 radical (unpaired) electrons. The van der Waals surface area contributed by atoms with Gasteiger partial charge in [-0.15, -0.1) is 0 Å². The van der Waals surface area contributed by atoms with Crippen molar-refractivity contribution in [1.29, 1.82) is 0 Å². The lowest BCUT2D eigenvalue weighted by Gasteiger charge is -2.11. The standard InChI is InChI=1S/C31H25ClN4O2/c1-3-28-34-30-19(2)14-22(26-18-35-17-23(32)12-13-29(35)33-26)15-27(30)36(28)16-20-8-10-21(11-9-20)24-6-4-5-7-25(24)31(37)38/h4-15,17-18H,3,16H2,1-2H3,(H,37,38). The first-order valence-corrected chi connectivity index (χ1v) is 12.8. The van der Waals surface area contributed by atoms with Crippen LogP contribution < -0.4 is 0 Å². The van der Waals surface area contributed by atoms with E-state index in [-0.39, 0.29) is 0 Å². The van der Waals surface area contributed by atoms with Crippen LogP contribution in [0.5, 0.6) is 0 Å². The molecule has 0 aliphatic heterocycles. The Labute approximate surface area is 224 Å². The van der Waals surface area contributed by atoms with E-state index in [2.05, 4.69) is 42.7 Å². The Bertz CT molecular complexity index is 1830. The molecule has 7 heteroatoms. The van der Waals surface area contributed by atoms with E-state index in [0.29, 0.717) is 22.7 Å². The van der Waals surface area contributed by atoms with E-state index in [0.717, 1.165) is 56.9 Å². The molecule has 0 bridgehead atoms. The van der Waals surface area contributed by atoms with Gasteiger partial charge >= 0.3 is 5.97 Å². The highest BCUT2D eigenvalue weighted by molar-refractivity contribution is 6.30. The topological polar surface area (TPSA) is 72.4 Å². The van der Waals surface area contributed by atoms with Gasteiger partial charge in [-0.2, -0.15) is 0 Å². The lowest BCUT2D eigenvalue weighted by molar-refractivity contribution is 0.0697. The molecule has 38 heavy (non-hydrogen) atoms. The highest BCUT2D eigenvalue weighted by Gasteiger charge is 2.16. The first-order chi connectivity index (χ1) is 18.4. The second kappa shape index (κ2) is 9.47. The third-order valence-electron chi connectivity index (χ3n) is 6.91. The molecule has 188 valence electrons. The van der Waals surface area contributed by atoms with E-state index < -0.39 is 5.97 Å². The van der Waals surface area contributed by atoms with Crippen molar-refractivity contribution >= 4 is 34.3 Å². The average Bonchev–Trinajstić information content (AvgIpc) is 3.50. The minimum atomic E-state index is -0.929. The van der Waals surface area contributed by atoms with Gasteiger partial charge in [0.05, 0.1) is 27.3 Å². The normalized spacial score (nSPS) is 11.4. The Morgan fingerprint density at radius 2 is 1.74 bits per heavy atom. The van der Waals surface area contributed by atoms with Crippen LogP contribution in [-0.2, 0) is 13.0 Å². The molecule has 0 spiro atoms. The first kappa shape index (κ1) is 23.9. The van der Waals surface area contributed by atoms with Gasteiger partial charge in [0.15, 0.2) is 0 Å². The summed E-state index contributed by atoms with van der Waals surface area (Å²) in [5.74, 6) is 0.0874. The number of carboxylic acid groups (broad SMARTS) is 1. The number of rotatable bonds is 6. The fraction of sp³-hybridized carbons (Fsp3) is 0.129. The summed E-state index contributed by atoms with van der Waals surface area (Å²) in [6.45, 7) is 4.86. The number of fused-ring (bicyclic) bond motifs is 2.